The molecule has 0 radical (unpaired) electrons. The third kappa shape index (κ3) is 12.3. The first-order valence-electron chi connectivity index (χ1n) is 24.4. The van der Waals surface area contributed by atoms with E-state index < -0.39 is 14.7 Å². The monoisotopic (exact) mass is 1060 g/mol. The molecule has 392 valence electrons. The highest BCUT2D eigenvalue weighted by molar-refractivity contribution is 7.32. The van der Waals surface area contributed by atoms with Gasteiger partial charge in [0.25, 0.3) is 23.6 Å². The number of alkyl halides is 1. The Kier molecular flexibility index (Phi) is 17.6. The van der Waals surface area contributed by atoms with E-state index >= 15 is 0 Å². The highest BCUT2D eigenvalue weighted by Gasteiger charge is 2.35. The van der Waals surface area contributed by atoms with Crippen LogP contribution in [-0.4, -0.2) is 122 Å². The van der Waals surface area contributed by atoms with Gasteiger partial charge in [0, 0.05) is 119 Å². The molecule has 0 saturated carbocycles. The largest absolute Gasteiger partial charge is 0.441 e. The Balaban J connectivity index is 1.02. The summed E-state index contributed by atoms with van der Waals surface area (Å²) < 4.78 is 33.0. The maximum absolute atomic E-state index is 14.2. The van der Waals surface area contributed by atoms with Gasteiger partial charge < -0.3 is 43.6 Å². The number of carbonyl (C=O) groups is 6. The Hall–Kier alpha value is -7.18. The molecule has 2 unspecified atom stereocenters. The van der Waals surface area contributed by atoms with Crippen LogP contribution in [0.3, 0.4) is 0 Å². The number of nitrogens with zero attached hydrogens (tertiary/aromatic N) is 5. The van der Waals surface area contributed by atoms with Crippen molar-refractivity contribution in [1.29, 1.82) is 0 Å². The molecule has 18 nitrogen and oxygen atoms in total. The number of anilines is 3. The maximum atomic E-state index is 14.2. The Morgan fingerprint density at radius 2 is 1.48 bits per heavy atom. The van der Waals surface area contributed by atoms with Crippen molar-refractivity contribution in [2.75, 3.05) is 74.8 Å². The van der Waals surface area contributed by atoms with Crippen LogP contribution in [0.2, 0.25) is 0 Å². The summed E-state index contributed by atoms with van der Waals surface area (Å²) in [5.74, 6) is -1.47. The molecule has 3 aliphatic heterocycles. The molecule has 20 heteroatoms. The molecule has 5 aromatic carbocycles. The second-order valence-electron chi connectivity index (χ2n) is 18.2. The summed E-state index contributed by atoms with van der Waals surface area (Å²) in [7, 11) is 1.27. The number of aliphatic hydroxyl groups excluding tert-OH is 1. The summed E-state index contributed by atoms with van der Waals surface area (Å²) in [6.45, 7) is -0.864. The van der Waals surface area contributed by atoms with E-state index in [4.69, 9.17) is 30.3 Å². The van der Waals surface area contributed by atoms with Gasteiger partial charge in [0.1, 0.15) is 11.5 Å². The van der Waals surface area contributed by atoms with Crippen LogP contribution < -0.4 is 24.0 Å². The zero-order chi connectivity index (χ0) is 53.3. The molecule has 0 aromatic heterocycles. The lowest BCUT2D eigenvalue weighted by molar-refractivity contribution is -0.250. The minimum absolute atomic E-state index is 0.0410. The number of amides is 6. The van der Waals surface area contributed by atoms with E-state index in [1.165, 1.54) is 46.1 Å². The lowest BCUT2D eigenvalue weighted by atomic mass is 9.95. The summed E-state index contributed by atoms with van der Waals surface area (Å²) in [4.78, 5) is 96.0. The first-order chi connectivity index (χ1) is 36.2. The van der Waals surface area contributed by atoms with Crippen molar-refractivity contribution in [1.82, 2.24) is 9.80 Å². The second-order valence-corrected chi connectivity index (χ2v) is 19.2. The lowest BCUT2D eigenvalue weighted by Crippen LogP contribution is -2.33. The van der Waals surface area contributed by atoms with Gasteiger partial charge >= 0.3 is 14.7 Å². The van der Waals surface area contributed by atoms with Crippen molar-refractivity contribution >= 4 is 106 Å². The number of fused-ring (bicyclic) bond motifs is 6. The zero-order valence-electron chi connectivity index (χ0n) is 41.6. The number of imide groups is 1. The number of hydrogen-bond acceptors (Lipinski definition) is 12. The van der Waals surface area contributed by atoms with Gasteiger partial charge in [-0.15, -0.1) is 11.6 Å². The van der Waals surface area contributed by atoms with Gasteiger partial charge in [-0.1, -0.05) is 67.1 Å². The van der Waals surface area contributed by atoms with Crippen LogP contribution in [0.15, 0.2) is 103 Å². The van der Waals surface area contributed by atoms with E-state index in [1.807, 2.05) is 36.4 Å². The van der Waals surface area contributed by atoms with Crippen molar-refractivity contribution in [2.24, 2.45) is 0 Å². The molecule has 3 aliphatic rings. The summed E-state index contributed by atoms with van der Waals surface area (Å²) in [6.07, 6.45) is 10.9. The van der Waals surface area contributed by atoms with Gasteiger partial charge in [-0.05, 0) is 70.5 Å². The van der Waals surface area contributed by atoms with Gasteiger partial charge in [-0.25, -0.2) is 4.57 Å². The molecule has 6 amide bonds. The fraction of sp³-hybridized carbons (Fsp3) is 0.309. The summed E-state index contributed by atoms with van der Waals surface area (Å²) >= 11 is 6.52. The molecule has 8 rings (SSSR count). The van der Waals surface area contributed by atoms with Crippen LogP contribution in [0.1, 0.15) is 60.3 Å². The minimum Gasteiger partial charge on any atom is -0.441 e. The number of benzene rings is 5. The third-order valence-corrected chi connectivity index (χ3v) is 14.2. The number of ether oxygens (including phenoxy) is 3. The number of rotatable bonds is 22. The number of aliphatic hydroxyl groups is 1. The average molecular weight is 1060 g/mol. The molecule has 0 bridgehead atoms. The number of methoxy groups -OCH3 is 1. The normalized spacial score (nSPS) is 15.9. The van der Waals surface area contributed by atoms with Crippen LogP contribution >= 0.6 is 19.9 Å². The van der Waals surface area contributed by atoms with E-state index in [-0.39, 0.29) is 98.0 Å². The Morgan fingerprint density at radius 3 is 2.19 bits per heavy atom. The first-order valence-corrected chi connectivity index (χ1v) is 26.2. The Morgan fingerprint density at radius 1 is 0.813 bits per heavy atom. The van der Waals surface area contributed by atoms with E-state index in [0.29, 0.717) is 71.2 Å². The van der Waals surface area contributed by atoms with Crippen molar-refractivity contribution in [3.8, 4) is 11.5 Å². The van der Waals surface area contributed by atoms with Crippen molar-refractivity contribution in [2.45, 2.75) is 50.9 Å². The fourth-order valence-electron chi connectivity index (χ4n) is 9.62. The Labute approximate surface area is 438 Å². The molecule has 0 aliphatic carbocycles. The van der Waals surface area contributed by atoms with Crippen LogP contribution in [0.5, 0.6) is 11.5 Å². The third-order valence-electron chi connectivity index (χ3n) is 13.4. The highest BCUT2D eigenvalue weighted by atomic mass is 35.5. The molecule has 3 heterocycles. The van der Waals surface area contributed by atoms with Gasteiger partial charge in [0.2, 0.25) is 11.8 Å². The predicted octanol–water partition coefficient (Wildman–Crippen LogP) is 7.31. The van der Waals surface area contributed by atoms with Gasteiger partial charge in [-0.2, -0.15) is 0 Å². The summed E-state index contributed by atoms with van der Waals surface area (Å²) in [5.41, 5.74) is 4.30. The molecular weight excluding hydrogens is 1010 g/mol. The Bertz CT molecular complexity index is 3140. The average Bonchev–Trinajstić information content (AvgIpc) is 4.11. The SMILES string of the molecule is COCOC(O)Oc1cc2c(c3ccccc13)[C@H](CCl)CN2C(=O)/C=C/c1ccc(/C=C/C(=O)N2CCc3c2cc(O[PH](=O)O)c2ccccc32)c(N(C)C(=O)CCN(C)C(=O)CCCCCN2C(=O)C=CC2=O)c1. The minimum atomic E-state index is -3.36. The topological polar surface area (TPSA) is 213 Å². The number of halogens is 1. The summed E-state index contributed by atoms with van der Waals surface area (Å²) in [6, 6.07) is 23.2. The first kappa shape index (κ1) is 54.1. The molecule has 2 N–H and O–H groups in total. The number of hydrogen-bond donors (Lipinski definition) is 2. The number of carbonyl (C=O) groups excluding carboxylic acids is 6. The molecule has 75 heavy (non-hydrogen) atoms. The van der Waals surface area contributed by atoms with E-state index in [2.05, 4.69) is 0 Å². The van der Waals surface area contributed by atoms with Crippen molar-refractivity contribution in [3.63, 3.8) is 0 Å². The highest BCUT2D eigenvalue weighted by Crippen LogP contribution is 2.46. The molecule has 0 spiro atoms. The van der Waals surface area contributed by atoms with Crippen LogP contribution in [0.25, 0.3) is 33.7 Å². The molecule has 0 fully saturated rings. The summed E-state index contributed by atoms with van der Waals surface area (Å²) in [5, 5.41) is 13.4. The quantitative estimate of drug-likeness (QED) is 0.0174. The molecular formula is C55H57ClN5O13P. The van der Waals surface area contributed by atoms with Crippen molar-refractivity contribution in [3.05, 3.63) is 125 Å². The lowest BCUT2D eigenvalue weighted by Gasteiger charge is -2.23. The molecule has 3 atom stereocenters. The predicted molar refractivity (Wildman–Crippen MR) is 286 cm³/mol. The fourth-order valence-corrected chi connectivity index (χ4v) is 10.2. The second kappa shape index (κ2) is 24.4. The number of unbranched alkanes of at least 4 members (excludes halogenated alkanes) is 2. The molecule has 0 saturated heterocycles. The van der Waals surface area contributed by atoms with Crippen molar-refractivity contribution < 1.29 is 62.1 Å². The molecule has 5 aromatic rings. The standard InChI is InChI=1S/C55H57ClN5O13P/c1-57(48(62)15-5-4-10-26-60-51(65)22-23-52(60)66)27-25-49(63)58(2)43-29-35(16-18-36(43)19-21-50(64)59-28-24-39-38-11-6-7-12-40(38)47(30-44(39)59)74-75(69)70)17-20-53(67)61-33-37(32-56)54-42-14-9-8-13-41(42)46(31-45(54)61)73-55(68)72-34-71-3/h6-9,11-14,16-23,29-31,37,55,68,75H,4-5,10,15,24-28,32-34H2,1-3H3,(H,69,70)/b20-17+,21-19+/t37-,55?/m1/s1. The zero-order valence-corrected chi connectivity index (χ0v) is 43.4. The maximum Gasteiger partial charge on any atom is 0.365 e. The van der Waals surface area contributed by atoms with Crippen LogP contribution in [0.4, 0.5) is 17.1 Å². The van der Waals surface area contributed by atoms with Gasteiger partial charge in [-0.3, -0.25) is 38.4 Å². The van der Waals surface area contributed by atoms with E-state index in [1.54, 1.807) is 78.5 Å². The van der Waals surface area contributed by atoms with E-state index in [9.17, 15) is 43.3 Å². The van der Waals surface area contributed by atoms with Crippen LogP contribution in [-0.2, 0) is 49.2 Å². The van der Waals surface area contributed by atoms with E-state index in [0.717, 1.165) is 21.9 Å². The van der Waals surface area contributed by atoms with Gasteiger partial charge in [0.15, 0.2) is 6.79 Å². The smallest absolute Gasteiger partial charge is 0.365 e. The van der Waals surface area contributed by atoms with Crippen LogP contribution in [0, 0.1) is 0 Å². The van der Waals surface area contributed by atoms with Gasteiger partial charge in [0.05, 0.1) is 17.1 Å².